The second-order valence-electron chi connectivity index (χ2n) is 5.09. The molecule has 0 aliphatic rings. The molecule has 2 aromatic rings. The van der Waals surface area contributed by atoms with Crippen LogP contribution >= 0.6 is 11.6 Å². The highest BCUT2D eigenvalue weighted by atomic mass is 35.5. The largest absolute Gasteiger partial charge is 0.334 e. The van der Waals surface area contributed by atoms with Crippen LogP contribution in [0.4, 0.5) is 10.5 Å². The quantitative estimate of drug-likeness (QED) is 0.818. The van der Waals surface area contributed by atoms with Gasteiger partial charge in [-0.1, -0.05) is 55.8 Å². The van der Waals surface area contributed by atoms with Crippen molar-refractivity contribution in [1.82, 2.24) is 5.32 Å². The van der Waals surface area contributed by atoms with E-state index >= 15 is 0 Å². The number of hydrogen-bond acceptors (Lipinski definition) is 1. The minimum atomic E-state index is -0.189. The zero-order chi connectivity index (χ0) is 15.9. The van der Waals surface area contributed by atoms with Crippen LogP contribution in [-0.2, 0) is 19.4 Å². The molecule has 0 saturated heterocycles. The summed E-state index contributed by atoms with van der Waals surface area (Å²) in [6.45, 7) is 4.65. The summed E-state index contributed by atoms with van der Waals surface area (Å²) in [6, 6.07) is 13.4. The molecule has 0 heterocycles. The van der Waals surface area contributed by atoms with E-state index in [-0.39, 0.29) is 6.03 Å². The number of nitrogens with one attached hydrogen (secondary N) is 2. The van der Waals surface area contributed by atoms with Gasteiger partial charge >= 0.3 is 6.03 Å². The molecule has 116 valence electrons. The molecule has 0 unspecified atom stereocenters. The maximum atomic E-state index is 12.1. The van der Waals surface area contributed by atoms with E-state index in [1.807, 2.05) is 42.5 Å². The van der Waals surface area contributed by atoms with Gasteiger partial charge in [-0.05, 0) is 41.7 Å². The van der Waals surface area contributed by atoms with E-state index in [1.165, 1.54) is 0 Å². The van der Waals surface area contributed by atoms with Gasteiger partial charge in [-0.3, -0.25) is 0 Å². The van der Waals surface area contributed by atoms with Gasteiger partial charge in [0.1, 0.15) is 0 Å². The van der Waals surface area contributed by atoms with E-state index < -0.39 is 0 Å². The highest BCUT2D eigenvalue weighted by molar-refractivity contribution is 6.30. The number of anilines is 1. The maximum Gasteiger partial charge on any atom is 0.319 e. The summed E-state index contributed by atoms with van der Waals surface area (Å²) >= 11 is 5.85. The Morgan fingerprint density at radius 2 is 1.59 bits per heavy atom. The summed E-state index contributed by atoms with van der Waals surface area (Å²) in [6.07, 6.45) is 1.78. The van der Waals surface area contributed by atoms with Gasteiger partial charge in [-0.2, -0.15) is 0 Å². The van der Waals surface area contributed by atoms with Crippen LogP contribution in [0.25, 0.3) is 0 Å². The van der Waals surface area contributed by atoms with Crippen LogP contribution in [0.5, 0.6) is 0 Å². The molecular weight excluding hydrogens is 296 g/mol. The van der Waals surface area contributed by atoms with Gasteiger partial charge in [0.15, 0.2) is 0 Å². The van der Waals surface area contributed by atoms with E-state index in [0.29, 0.717) is 11.6 Å². The molecule has 0 spiro atoms. The lowest BCUT2D eigenvalue weighted by molar-refractivity contribution is 0.251. The van der Waals surface area contributed by atoms with Crippen molar-refractivity contribution in [3.63, 3.8) is 0 Å². The number of hydrogen-bond donors (Lipinski definition) is 2. The van der Waals surface area contributed by atoms with E-state index in [9.17, 15) is 4.79 Å². The third-order valence-corrected chi connectivity index (χ3v) is 3.86. The molecule has 0 bridgehead atoms. The van der Waals surface area contributed by atoms with Gasteiger partial charge in [-0.15, -0.1) is 0 Å². The molecule has 0 aliphatic carbocycles. The Morgan fingerprint density at radius 3 is 2.14 bits per heavy atom. The van der Waals surface area contributed by atoms with Gasteiger partial charge in [-0.25, -0.2) is 4.79 Å². The first-order valence-corrected chi connectivity index (χ1v) is 7.91. The molecule has 0 saturated carbocycles. The van der Waals surface area contributed by atoms with Gasteiger partial charge in [0.2, 0.25) is 0 Å². The lowest BCUT2D eigenvalue weighted by Gasteiger charge is -2.15. The van der Waals surface area contributed by atoms with Crippen LogP contribution in [0.1, 0.15) is 30.5 Å². The van der Waals surface area contributed by atoms with Crippen LogP contribution in [0.3, 0.4) is 0 Å². The smallest absolute Gasteiger partial charge is 0.319 e. The number of carbonyl (C=O) groups excluding carboxylic acids is 1. The predicted molar refractivity (Wildman–Crippen MR) is 92.5 cm³/mol. The second kappa shape index (κ2) is 7.85. The molecule has 3 nitrogen and oxygen atoms in total. The maximum absolute atomic E-state index is 12.1. The summed E-state index contributed by atoms with van der Waals surface area (Å²) in [5.41, 5.74) is 4.25. The van der Waals surface area contributed by atoms with Crippen molar-refractivity contribution in [2.24, 2.45) is 0 Å². The topological polar surface area (TPSA) is 41.1 Å². The van der Waals surface area contributed by atoms with Crippen LogP contribution in [0.15, 0.2) is 42.5 Å². The number of benzene rings is 2. The van der Waals surface area contributed by atoms with E-state index in [2.05, 4.69) is 24.5 Å². The van der Waals surface area contributed by atoms with Gasteiger partial charge in [0.05, 0.1) is 0 Å². The van der Waals surface area contributed by atoms with E-state index in [1.54, 1.807) is 0 Å². The number of aryl methyl sites for hydroxylation is 2. The molecule has 0 fully saturated rings. The molecule has 0 aromatic heterocycles. The third kappa shape index (κ3) is 4.25. The van der Waals surface area contributed by atoms with Gasteiger partial charge in [0.25, 0.3) is 0 Å². The van der Waals surface area contributed by atoms with Crippen molar-refractivity contribution in [2.75, 3.05) is 5.32 Å². The number of halogens is 1. The van der Waals surface area contributed by atoms with Crippen LogP contribution in [0, 0.1) is 0 Å². The molecule has 0 atom stereocenters. The normalized spacial score (nSPS) is 10.3. The molecule has 2 amide bonds. The standard InChI is InChI=1S/C18H21ClN2O/c1-3-14-6-5-7-15(4-2)17(14)21-18(22)20-12-13-8-10-16(19)11-9-13/h5-11H,3-4,12H2,1-2H3,(H2,20,21,22). The lowest BCUT2D eigenvalue weighted by atomic mass is 10.0. The minimum Gasteiger partial charge on any atom is -0.334 e. The molecule has 4 heteroatoms. The zero-order valence-electron chi connectivity index (χ0n) is 12.9. The number of urea groups is 1. The molecule has 2 N–H and O–H groups in total. The summed E-state index contributed by atoms with van der Waals surface area (Å²) in [5.74, 6) is 0. The molecule has 0 radical (unpaired) electrons. The Labute approximate surface area is 136 Å². The van der Waals surface area contributed by atoms with Gasteiger partial charge < -0.3 is 10.6 Å². The monoisotopic (exact) mass is 316 g/mol. The van der Waals surface area contributed by atoms with Crippen molar-refractivity contribution >= 4 is 23.3 Å². The SMILES string of the molecule is CCc1cccc(CC)c1NC(=O)NCc1ccc(Cl)cc1. The van der Waals surface area contributed by atoms with E-state index in [0.717, 1.165) is 35.2 Å². The van der Waals surface area contributed by atoms with Crippen molar-refractivity contribution in [3.8, 4) is 0 Å². The fourth-order valence-corrected chi connectivity index (χ4v) is 2.47. The third-order valence-electron chi connectivity index (χ3n) is 3.60. The first-order chi connectivity index (χ1) is 10.6. The Bertz CT molecular complexity index is 616. The fourth-order valence-electron chi connectivity index (χ4n) is 2.35. The minimum absolute atomic E-state index is 0.189. The fraction of sp³-hybridized carbons (Fsp3) is 0.278. The summed E-state index contributed by atoms with van der Waals surface area (Å²) in [5, 5.41) is 6.56. The molecule has 22 heavy (non-hydrogen) atoms. The highest BCUT2D eigenvalue weighted by Crippen LogP contribution is 2.22. The lowest BCUT2D eigenvalue weighted by Crippen LogP contribution is -2.29. The molecule has 0 aliphatic heterocycles. The zero-order valence-corrected chi connectivity index (χ0v) is 13.7. The summed E-state index contributed by atoms with van der Waals surface area (Å²) < 4.78 is 0. The van der Waals surface area contributed by atoms with E-state index in [4.69, 9.17) is 11.6 Å². The van der Waals surface area contributed by atoms with Crippen molar-refractivity contribution < 1.29 is 4.79 Å². The van der Waals surface area contributed by atoms with Gasteiger partial charge in [0, 0.05) is 17.3 Å². The second-order valence-corrected chi connectivity index (χ2v) is 5.53. The van der Waals surface area contributed by atoms with Crippen molar-refractivity contribution in [3.05, 3.63) is 64.2 Å². The number of para-hydroxylation sites is 1. The van der Waals surface area contributed by atoms with Crippen molar-refractivity contribution in [1.29, 1.82) is 0 Å². The predicted octanol–water partition coefficient (Wildman–Crippen LogP) is 4.79. The molecule has 2 rings (SSSR count). The Hall–Kier alpha value is -2.00. The first kappa shape index (κ1) is 16.4. The number of amides is 2. The molecule has 2 aromatic carbocycles. The Kier molecular flexibility index (Phi) is 5.84. The number of carbonyl (C=O) groups is 1. The highest BCUT2D eigenvalue weighted by Gasteiger charge is 2.09. The Balaban J connectivity index is 2.01. The van der Waals surface area contributed by atoms with Crippen molar-refractivity contribution in [2.45, 2.75) is 33.2 Å². The number of rotatable bonds is 5. The van der Waals surface area contributed by atoms with Crippen LogP contribution < -0.4 is 10.6 Å². The summed E-state index contributed by atoms with van der Waals surface area (Å²) in [4.78, 5) is 12.1. The van der Waals surface area contributed by atoms with Crippen LogP contribution in [0.2, 0.25) is 5.02 Å². The van der Waals surface area contributed by atoms with Crippen LogP contribution in [-0.4, -0.2) is 6.03 Å². The summed E-state index contributed by atoms with van der Waals surface area (Å²) in [7, 11) is 0. The average molecular weight is 317 g/mol. The molecular formula is C18H21ClN2O. The average Bonchev–Trinajstić information content (AvgIpc) is 2.54. The Morgan fingerprint density at radius 1 is 1.00 bits per heavy atom. The first-order valence-electron chi connectivity index (χ1n) is 7.54.